The van der Waals surface area contributed by atoms with E-state index < -0.39 is 0 Å². The van der Waals surface area contributed by atoms with Crippen LogP contribution < -0.4 is 9.47 Å². The summed E-state index contributed by atoms with van der Waals surface area (Å²) in [6.45, 7) is 5.92. The van der Waals surface area contributed by atoms with E-state index in [9.17, 15) is 0 Å². The van der Waals surface area contributed by atoms with Crippen LogP contribution in [0.15, 0.2) is 72.8 Å². The Morgan fingerprint density at radius 2 is 0.688 bits per heavy atom. The normalized spacial score (nSPS) is 10.5. The van der Waals surface area contributed by atoms with Crippen LogP contribution in [0.4, 0.5) is 0 Å². The second kappa shape index (κ2) is 26.3. The van der Waals surface area contributed by atoms with Gasteiger partial charge in [0.2, 0.25) is 0 Å². The molecule has 0 bridgehead atoms. The first-order valence-electron chi connectivity index (χ1n) is 19.4. The lowest BCUT2D eigenvalue weighted by Gasteiger charge is -2.14. The minimum Gasteiger partial charge on any atom is -0.492 e. The lowest BCUT2D eigenvalue weighted by Crippen LogP contribution is -2.03. The quantitative estimate of drug-likeness (QED) is 0.0712. The van der Waals surface area contributed by atoms with Gasteiger partial charge in [0.05, 0.1) is 24.3 Å². The summed E-state index contributed by atoms with van der Waals surface area (Å²) in [5.74, 6) is 15.1. The average Bonchev–Trinajstić information content (AvgIpc) is 3.12. The van der Waals surface area contributed by atoms with Crippen LogP contribution in [-0.4, -0.2) is 13.2 Å². The van der Waals surface area contributed by atoms with E-state index in [-0.39, 0.29) is 0 Å². The highest BCUT2D eigenvalue weighted by atomic mass is 16.5. The third-order valence-electron chi connectivity index (χ3n) is 8.82. The van der Waals surface area contributed by atoms with Gasteiger partial charge in [-0.05, 0) is 37.1 Å². The first-order chi connectivity index (χ1) is 23.8. The van der Waals surface area contributed by atoms with E-state index in [0.717, 1.165) is 46.6 Å². The van der Waals surface area contributed by atoms with Gasteiger partial charge in [0.1, 0.15) is 11.5 Å². The van der Waals surface area contributed by atoms with Crippen LogP contribution in [0.3, 0.4) is 0 Å². The van der Waals surface area contributed by atoms with Crippen molar-refractivity contribution in [3.8, 4) is 35.2 Å². The maximum Gasteiger partial charge on any atom is 0.136 e. The fraction of sp³-hybridized carbons (Fsp3) is 0.522. The molecule has 0 aliphatic carbocycles. The second-order valence-corrected chi connectivity index (χ2v) is 13.1. The highest BCUT2D eigenvalue weighted by Crippen LogP contribution is 2.29. The first kappa shape index (κ1) is 38.8. The number of unbranched alkanes of at least 4 members (excludes halogenated alkanes) is 18. The molecule has 2 heteroatoms. The molecule has 0 N–H and O–H groups in total. The molecule has 2 nitrogen and oxygen atoms in total. The fourth-order valence-corrected chi connectivity index (χ4v) is 5.86. The molecule has 3 aromatic rings. The third kappa shape index (κ3) is 17.5. The lowest BCUT2D eigenvalue weighted by atomic mass is 10.1. The molecule has 0 aromatic heterocycles. The van der Waals surface area contributed by atoms with E-state index in [1.165, 1.54) is 116 Å². The largest absolute Gasteiger partial charge is 0.492 e. The van der Waals surface area contributed by atoms with Crippen molar-refractivity contribution in [2.75, 3.05) is 13.2 Å². The van der Waals surface area contributed by atoms with Gasteiger partial charge in [-0.2, -0.15) is 0 Å². The van der Waals surface area contributed by atoms with Gasteiger partial charge in [-0.25, -0.2) is 0 Å². The molecule has 48 heavy (non-hydrogen) atoms. The van der Waals surface area contributed by atoms with Gasteiger partial charge in [-0.1, -0.05) is 190 Å². The topological polar surface area (TPSA) is 18.5 Å². The molecule has 3 rings (SSSR count). The van der Waals surface area contributed by atoms with E-state index in [0.29, 0.717) is 13.2 Å². The molecule has 0 saturated carbocycles. The molecule has 0 unspecified atom stereocenters. The van der Waals surface area contributed by atoms with Gasteiger partial charge >= 0.3 is 0 Å². The molecule has 0 spiro atoms. The summed E-state index contributed by atoms with van der Waals surface area (Å²) < 4.78 is 12.9. The predicted molar refractivity (Wildman–Crippen MR) is 206 cm³/mol. The smallest absolute Gasteiger partial charge is 0.136 e. The van der Waals surface area contributed by atoms with Crippen LogP contribution in [0.1, 0.15) is 165 Å². The molecular formula is C46H62O2. The summed E-state index contributed by atoms with van der Waals surface area (Å²) in [7, 11) is 0. The highest BCUT2D eigenvalue weighted by molar-refractivity contribution is 5.60. The van der Waals surface area contributed by atoms with Gasteiger partial charge < -0.3 is 9.47 Å². The van der Waals surface area contributed by atoms with Crippen LogP contribution in [0.2, 0.25) is 0 Å². The van der Waals surface area contributed by atoms with E-state index in [4.69, 9.17) is 9.47 Å². The van der Waals surface area contributed by atoms with Crippen molar-refractivity contribution in [2.24, 2.45) is 0 Å². The molecule has 0 aliphatic rings. The Kier molecular flexibility index (Phi) is 21.3. The summed E-state index contributed by atoms with van der Waals surface area (Å²) >= 11 is 0. The van der Waals surface area contributed by atoms with Crippen molar-refractivity contribution in [2.45, 2.75) is 142 Å². The van der Waals surface area contributed by atoms with E-state index in [1.54, 1.807) is 0 Å². The molecule has 0 radical (unpaired) electrons. The summed E-state index contributed by atoms with van der Waals surface area (Å²) in [6, 6.07) is 24.4. The number of ether oxygens (including phenoxy) is 2. The van der Waals surface area contributed by atoms with Gasteiger partial charge in [0, 0.05) is 23.3 Å². The maximum absolute atomic E-state index is 6.43. The second-order valence-electron chi connectivity index (χ2n) is 13.1. The van der Waals surface area contributed by atoms with E-state index in [2.05, 4.69) is 49.7 Å². The number of benzene rings is 3. The van der Waals surface area contributed by atoms with Crippen LogP contribution in [-0.2, 0) is 0 Å². The molecule has 258 valence electrons. The minimum atomic E-state index is 0.681. The summed E-state index contributed by atoms with van der Waals surface area (Å²) in [6.07, 6.45) is 26.1. The zero-order chi connectivity index (χ0) is 33.7. The lowest BCUT2D eigenvalue weighted by molar-refractivity contribution is 0.295. The molecule has 3 aromatic carbocycles. The summed E-state index contributed by atoms with van der Waals surface area (Å²) in [4.78, 5) is 0. The molecule has 0 amide bonds. The monoisotopic (exact) mass is 646 g/mol. The van der Waals surface area contributed by atoms with Crippen LogP contribution in [0, 0.1) is 23.7 Å². The Hall–Kier alpha value is -3.62. The fourth-order valence-electron chi connectivity index (χ4n) is 5.86. The van der Waals surface area contributed by atoms with Crippen molar-refractivity contribution in [1.82, 2.24) is 0 Å². The Balaban J connectivity index is 1.64. The molecule has 0 saturated heterocycles. The average molecular weight is 647 g/mol. The van der Waals surface area contributed by atoms with Crippen molar-refractivity contribution >= 4 is 0 Å². The zero-order valence-corrected chi connectivity index (χ0v) is 30.3. The SMILES string of the molecule is CCCCCCCCCCCCOc1cc(C#Cc2ccccc2)c(OCCCCCCCCCCCC)cc1C#Cc1ccccc1. The Labute approximate surface area is 294 Å². The van der Waals surface area contributed by atoms with Gasteiger partial charge in [-0.15, -0.1) is 0 Å². The van der Waals surface area contributed by atoms with Crippen molar-refractivity contribution in [3.63, 3.8) is 0 Å². The Morgan fingerprint density at radius 1 is 0.375 bits per heavy atom. The van der Waals surface area contributed by atoms with Gasteiger partial charge in [0.15, 0.2) is 0 Å². The van der Waals surface area contributed by atoms with Crippen molar-refractivity contribution < 1.29 is 9.47 Å². The summed E-state index contributed by atoms with van der Waals surface area (Å²) in [5, 5.41) is 0. The summed E-state index contributed by atoms with van der Waals surface area (Å²) in [5.41, 5.74) is 3.68. The van der Waals surface area contributed by atoms with Gasteiger partial charge in [0.25, 0.3) is 0 Å². The minimum absolute atomic E-state index is 0.681. The Morgan fingerprint density at radius 3 is 1.02 bits per heavy atom. The number of hydrogen-bond donors (Lipinski definition) is 0. The Bertz CT molecular complexity index is 1250. The highest BCUT2D eigenvalue weighted by Gasteiger charge is 2.11. The maximum atomic E-state index is 6.43. The standard InChI is InChI=1S/C46H62O2/c1-3-5-7-9-11-13-15-17-19-27-37-47-45-39-44(36-34-42-31-25-22-26-32-42)46(40-43(45)35-33-41-29-23-21-24-30-41)48-38-28-20-18-16-14-12-10-8-6-4-2/h21-26,29-32,39-40H,3-20,27-28,37-38H2,1-2H3. The predicted octanol–water partition coefficient (Wildman–Crippen LogP) is 13.1. The molecule has 0 aliphatic heterocycles. The first-order valence-corrected chi connectivity index (χ1v) is 19.4. The number of rotatable bonds is 24. The molecule has 0 heterocycles. The molecular weight excluding hydrogens is 585 g/mol. The van der Waals surface area contributed by atoms with E-state index in [1.807, 2.05) is 60.7 Å². The molecule has 0 atom stereocenters. The third-order valence-corrected chi connectivity index (χ3v) is 8.82. The van der Waals surface area contributed by atoms with Crippen LogP contribution in [0.25, 0.3) is 0 Å². The zero-order valence-electron chi connectivity index (χ0n) is 30.3. The van der Waals surface area contributed by atoms with Crippen LogP contribution in [0.5, 0.6) is 11.5 Å². The van der Waals surface area contributed by atoms with Crippen molar-refractivity contribution in [3.05, 3.63) is 95.1 Å². The molecule has 0 fully saturated rings. The number of hydrogen-bond acceptors (Lipinski definition) is 2. The van der Waals surface area contributed by atoms with Crippen molar-refractivity contribution in [1.29, 1.82) is 0 Å². The van der Waals surface area contributed by atoms with E-state index >= 15 is 0 Å². The van der Waals surface area contributed by atoms with Crippen LogP contribution >= 0.6 is 0 Å². The van der Waals surface area contributed by atoms with Gasteiger partial charge in [-0.3, -0.25) is 0 Å².